The van der Waals surface area contributed by atoms with Gasteiger partial charge < -0.3 is 0 Å². The van der Waals surface area contributed by atoms with Crippen LogP contribution < -0.4 is 0 Å². The molecule has 0 saturated carbocycles. The number of hydrogen-bond donors (Lipinski definition) is 0. The summed E-state index contributed by atoms with van der Waals surface area (Å²) >= 11 is 6.16. The summed E-state index contributed by atoms with van der Waals surface area (Å²) < 4.78 is 0. The molecule has 3 heteroatoms. The lowest BCUT2D eigenvalue weighted by atomic mass is 9.91. The van der Waals surface area contributed by atoms with Gasteiger partial charge in [-0.2, -0.15) is 0 Å². The molecule has 0 fully saturated rings. The van der Waals surface area contributed by atoms with Crippen LogP contribution in [-0.4, -0.2) is 9.97 Å². The molecule has 1 aromatic heterocycles. The molecule has 0 aliphatic rings. The Bertz CT molecular complexity index is 592. The number of hydrogen-bond acceptors (Lipinski definition) is 2. The van der Waals surface area contributed by atoms with Crippen LogP contribution in [0.5, 0.6) is 0 Å². The first-order valence-corrected chi connectivity index (χ1v) is 6.78. The molecule has 0 atom stereocenters. The molecule has 1 heterocycles. The molecule has 0 aliphatic heterocycles. The summed E-state index contributed by atoms with van der Waals surface area (Å²) in [7, 11) is 0. The summed E-state index contributed by atoms with van der Waals surface area (Å²) in [6, 6.07) is 8.04. The fourth-order valence-electron chi connectivity index (χ4n) is 2.08. The van der Waals surface area contributed by atoms with Gasteiger partial charge >= 0.3 is 0 Å². The number of halogens is 1. The summed E-state index contributed by atoms with van der Waals surface area (Å²) in [5.41, 5.74) is 4.34. The van der Waals surface area contributed by atoms with Gasteiger partial charge in [-0.15, -0.1) is 0 Å². The number of nitrogens with zero attached hydrogens (tertiary/aromatic N) is 2. The van der Waals surface area contributed by atoms with E-state index in [0.29, 0.717) is 11.0 Å². The molecule has 19 heavy (non-hydrogen) atoms. The topological polar surface area (TPSA) is 25.8 Å². The van der Waals surface area contributed by atoms with Gasteiger partial charge in [0.1, 0.15) is 5.15 Å². The lowest BCUT2D eigenvalue weighted by Gasteiger charge is -2.19. The van der Waals surface area contributed by atoms with Crippen LogP contribution in [0, 0.1) is 13.8 Å². The van der Waals surface area contributed by atoms with Crippen molar-refractivity contribution in [2.24, 2.45) is 0 Å². The molecule has 100 valence electrons. The summed E-state index contributed by atoms with van der Waals surface area (Å²) in [4.78, 5) is 9.09. The zero-order valence-corrected chi connectivity index (χ0v) is 12.8. The van der Waals surface area contributed by atoms with Crippen molar-refractivity contribution in [2.45, 2.75) is 40.0 Å². The summed E-state index contributed by atoms with van der Waals surface area (Å²) in [6.07, 6.45) is 0. The fourth-order valence-corrected chi connectivity index (χ4v) is 2.26. The van der Waals surface area contributed by atoms with E-state index < -0.39 is 0 Å². The molecule has 0 N–H and O–H groups in total. The average Bonchev–Trinajstić information content (AvgIpc) is 2.26. The van der Waals surface area contributed by atoms with E-state index in [1.807, 2.05) is 12.1 Å². The second-order valence-electron chi connectivity index (χ2n) is 5.92. The average molecular weight is 275 g/mol. The van der Waals surface area contributed by atoms with E-state index >= 15 is 0 Å². The predicted octanol–water partition coefficient (Wildman–Crippen LogP) is 4.71. The van der Waals surface area contributed by atoms with Crippen LogP contribution in [0.15, 0.2) is 24.3 Å². The first-order valence-electron chi connectivity index (χ1n) is 6.40. The highest BCUT2D eigenvalue weighted by Gasteiger charge is 2.19. The van der Waals surface area contributed by atoms with Crippen LogP contribution >= 0.6 is 11.6 Å². The van der Waals surface area contributed by atoms with E-state index in [1.54, 1.807) is 0 Å². The molecule has 2 nitrogen and oxygen atoms in total. The third kappa shape index (κ3) is 2.95. The van der Waals surface area contributed by atoms with Gasteiger partial charge in [0.15, 0.2) is 5.82 Å². The first kappa shape index (κ1) is 14.0. The molecular formula is C16H19ClN2. The normalized spacial score (nSPS) is 11.7. The highest BCUT2D eigenvalue weighted by atomic mass is 35.5. The van der Waals surface area contributed by atoms with Gasteiger partial charge in [-0.3, -0.25) is 0 Å². The minimum absolute atomic E-state index is 0.0437. The lowest BCUT2D eigenvalue weighted by Crippen LogP contribution is -2.14. The zero-order chi connectivity index (χ0) is 14.2. The smallest absolute Gasteiger partial charge is 0.161 e. The van der Waals surface area contributed by atoms with Gasteiger partial charge in [-0.1, -0.05) is 50.6 Å². The Morgan fingerprint density at radius 2 is 1.58 bits per heavy atom. The highest BCUT2D eigenvalue weighted by molar-refractivity contribution is 6.29. The van der Waals surface area contributed by atoms with Gasteiger partial charge in [0, 0.05) is 11.0 Å². The molecular weight excluding hydrogens is 256 g/mol. The third-order valence-corrected chi connectivity index (χ3v) is 3.36. The SMILES string of the molecule is Cc1cccc(C)c1-c1nc(Cl)cc(C(C)(C)C)n1. The van der Waals surface area contributed by atoms with Gasteiger partial charge in [-0.25, -0.2) is 9.97 Å². The Hall–Kier alpha value is -1.41. The Morgan fingerprint density at radius 3 is 2.11 bits per heavy atom. The maximum absolute atomic E-state index is 6.16. The summed E-state index contributed by atoms with van der Waals surface area (Å²) in [5, 5.41) is 0.498. The second kappa shape index (κ2) is 4.93. The Balaban J connectivity index is 2.67. The molecule has 0 spiro atoms. The maximum Gasteiger partial charge on any atom is 0.161 e. The van der Waals surface area contributed by atoms with Crippen LogP contribution in [0.3, 0.4) is 0 Å². The zero-order valence-electron chi connectivity index (χ0n) is 12.1. The molecule has 0 bridgehead atoms. The van der Waals surface area contributed by atoms with Gasteiger partial charge in [-0.05, 0) is 31.0 Å². The summed E-state index contributed by atoms with van der Waals surface area (Å²) in [6.45, 7) is 10.5. The largest absolute Gasteiger partial charge is 0.232 e. The van der Waals surface area contributed by atoms with E-state index in [4.69, 9.17) is 16.6 Å². The predicted molar refractivity (Wildman–Crippen MR) is 80.7 cm³/mol. The third-order valence-electron chi connectivity index (χ3n) is 3.17. The van der Waals surface area contributed by atoms with Gasteiger partial charge in [0.2, 0.25) is 0 Å². The molecule has 2 rings (SSSR count). The van der Waals surface area contributed by atoms with Gasteiger partial charge in [0.05, 0.1) is 5.69 Å². The quantitative estimate of drug-likeness (QED) is 0.704. The Morgan fingerprint density at radius 1 is 1.00 bits per heavy atom. The van der Waals surface area contributed by atoms with Crippen LogP contribution in [0.4, 0.5) is 0 Å². The van der Waals surface area contributed by atoms with Crippen molar-refractivity contribution in [1.82, 2.24) is 9.97 Å². The van der Waals surface area contributed by atoms with Crippen molar-refractivity contribution < 1.29 is 0 Å². The molecule has 0 amide bonds. The minimum Gasteiger partial charge on any atom is -0.232 e. The molecule has 1 aromatic carbocycles. The first-order chi connectivity index (χ1) is 8.79. The Labute approximate surface area is 119 Å². The minimum atomic E-state index is -0.0437. The van der Waals surface area contributed by atoms with E-state index in [-0.39, 0.29) is 5.41 Å². The van der Waals surface area contributed by atoms with Gasteiger partial charge in [0.25, 0.3) is 0 Å². The molecule has 0 radical (unpaired) electrons. The standard InChI is InChI=1S/C16H19ClN2/c1-10-7-6-8-11(2)14(10)15-18-12(16(3,4)5)9-13(17)19-15/h6-9H,1-5H3. The number of aryl methyl sites for hydroxylation is 2. The molecule has 0 unspecified atom stereocenters. The van der Waals surface area contributed by atoms with E-state index in [1.165, 1.54) is 11.1 Å². The van der Waals surface area contributed by atoms with Crippen LogP contribution in [-0.2, 0) is 5.41 Å². The van der Waals surface area contributed by atoms with Crippen LogP contribution in [0.25, 0.3) is 11.4 Å². The molecule has 2 aromatic rings. The monoisotopic (exact) mass is 274 g/mol. The number of rotatable bonds is 1. The fraction of sp³-hybridized carbons (Fsp3) is 0.375. The molecule has 0 aliphatic carbocycles. The van der Waals surface area contributed by atoms with Crippen molar-refractivity contribution in [3.8, 4) is 11.4 Å². The van der Waals surface area contributed by atoms with E-state index in [9.17, 15) is 0 Å². The lowest BCUT2D eigenvalue weighted by molar-refractivity contribution is 0.568. The van der Waals surface area contributed by atoms with Crippen molar-refractivity contribution in [3.63, 3.8) is 0 Å². The van der Waals surface area contributed by atoms with Crippen molar-refractivity contribution in [2.75, 3.05) is 0 Å². The summed E-state index contributed by atoms with van der Waals surface area (Å²) in [5.74, 6) is 0.716. The van der Waals surface area contributed by atoms with Crippen molar-refractivity contribution in [1.29, 1.82) is 0 Å². The van der Waals surface area contributed by atoms with Crippen LogP contribution in [0.1, 0.15) is 37.6 Å². The van der Waals surface area contributed by atoms with Crippen molar-refractivity contribution in [3.05, 3.63) is 46.2 Å². The highest BCUT2D eigenvalue weighted by Crippen LogP contribution is 2.29. The van der Waals surface area contributed by atoms with E-state index in [0.717, 1.165) is 11.3 Å². The van der Waals surface area contributed by atoms with Crippen LogP contribution in [0.2, 0.25) is 5.15 Å². The number of benzene rings is 1. The Kier molecular flexibility index (Phi) is 3.64. The second-order valence-corrected chi connectivity index (χ2v) is 6.30. The number of aromatic nitrogens is 2. The van der Waals surface area contributed by atoms with E-state index in [2.05, 4.69) is 51.7 Å². The maximum atomic E-state index is 6.16. The molecule has 0 saturated heterocycles. The van der Waals surface area contributed by atoms with Crippen molar-refractivity contribution >= 4 is 11.6 Å².